The van der Waals surface area contributed by atoms with Crippen LogP contribution in [-0.4, -0.2) is 27.4 Å². The molecule has 1 atom stereocenters. The molecule has 3 rings (SSSR count). The fourth-order valence-electron chi connectivity index (χ4n) is 2.31. The molecule has 0 radical (unpaired) electrons. The van der Waals surface area contributed by atoms with Crippen molar-refractivity contribution in [2.45, 2.75) is 13.5 Å². The van der Waals surface area contributed by atoms with Gasteiger partial charge in [-0.25, -0.2) is 4.39 Å². The third kappa shape index (κ3) is 3.87. The first-order chi connectivity index (χ1) is 11.6. The molecular weight excluding hydrogens is 311 g/mol. The molecule has 124 valence electrons. The van der Waals surface area contributed by atoms with Crippen LogP contribution in [0.4, 0.5) is 4.39 Å². The standard InChI is InChI=1S/C17H17FN4O2/c1-12(11-22-7-3-6-20-22)10-19-17(23)16-9-15(21-24-16)13-4-2-5-14(18)8-13/h2-9,12H,10-11H2,1H3,(H,19,23)/t12-/m0/s1. The number of carbonyl (C=O) groups excluding carboxylic acids is 1. The van der Waals surface area contributed by atoms with Gasteiger partial charge in [-0.1, -0.05) is 24.2 Å². The fourth-order valence-corrected chi connectivity index (χ4v) is 2.31. The van der Waals surface area contributed by atoms with Crippen molar-refractivity contribution in [2.75, 3.05) is 6.54 Å². The second kappa shape index (κ2) is 7.08. The molecule has 0 fully saturated rings. The predicted molar refractivity (Wildman–Crippen MR) is 85.6 cm³/mol. The number of amides is 1. The van der Waals surface area contributed by atoms with Crippen molar-refractivity contribution in [2.24, 2.45) is 5.92 Å². The molecule has 0 saturated carbocycles. The minimum absolute atomic E-state index is 0.0977. The smallest absolute Gasteiger partial charge is 0.289 e. The summed E-state index contributed by atoms with van der Waals surface area (Å²) in [6, 6.07) is 9.32. The van der Waals surface area contributed by atoms with Crippen LogP contribution in [-0.2, 0) is 6.54 Å². The van der Waals surface area contributed by atoms with Crippen LogP contribution in [0.5, 0.6) is 0 Å². The fraction of sp³-hybridized carbons (Fsp3) is 0.235. The third-order valence-corrected chi connectivity index (χ3v) is 3.52. The number of aromatic nitrogens is 3. The first-order valence-corrected chi connectivity index (χ1v) is 7.60. The minimum atomic E-state index is -0.367. The Morgan fingerprint density at radius 2 is 2.25 bits per heavy atom. The molecule has 0 aliphatic rings. The van der Waals surface area contributed by atoms with Gasteiger partial charge in [0.15, 0.2) is 0 Å². The van der Waals surface area contributed by atoms with E-state index < -0.39 is 0 Å². The monoisotopic (exact) mass is 328 g/mol. The lowest BCUT2D eigenvalue weighted by Crippen LogP contribution is -2.29. The van der Waals surface area contributed by atoms with Crippen molar-refractivity contribution in [1.82, 2.24) is 20.3 Å². The number of hydrogen-bond donors (Lipinski definition) is 1. The molecule has 2 aromatic heterocycles. The SMILES string of the molecule is C[C@@H](CNC(=O)c1cc(-c2cccc(F)c2)no1)Cn1cccn1. The number of carbonyl (C=O) groups is 1. The molecule has 1 N–H and O–H groups in total. The molecule has 0 bridgehead atoms. The van der Waals surface area contributed by atoms with E-state index in [1.54, 1.807) is 18.3 Å². The number of nitrogens with zero attached hydrogens (tertiary/aromatic N) is 3. The second-order valence-electron chi connectivity index (χ2n) is 5.63. The van der Waals surface area contributed by atoms with Crippen molar-refractivity contribution in [1.29, 1.82) is 0 Å². The molecule has 1 aromatic carbocycles. The summed E-state index contributed by atoms with van der Waals surface area (Å²) in [6.45, 7) is 3.20. The van der Waals surface area contributed by atoms with Crippen molar-refractivity contribution in [3.8, 4) is 11.3 Å². The van der Waals surface area contributed by atoms with Gasteiger partial charge in [-0.2, -0.15) is 5.10 Å². The molecule has 1 amide bonds. The molecular formula is C17H17FN4O2. The highest BCUT2D eigenvalue weighted by atomic mass is 19.1. The van der Waals surface area contributed by atoms with E-state index in [0.29, 0.717) is 24.3 Å². The van der Waals surface area contributed by atoms with E-state index in [1.165, 1.54) is 18.2 Å². The van der Waals surface area contributed by atoms with Gasteiger partial charge >= 0.3 is 0 Å². The maximum Gasteiger partial charge on any atom is 0.289 e. The van der Waals surface area contributed by atoms with Gasteiger partial charge in [0.05, 0.1) is 0 Å². The summed E-state index contributed by atoms with van der Waals surface area (Å²) in [5, 5.41) is 10.7. The highest BCUT2D eigenvalue weighted by Gasteiger charge is 2.15. The van der Waals surface area contributed by atoms with Crippen LogP contribution in [0.2, 0.25) is 0 Å². The highest BCUT2D eigenvalue weighted by Crippen LogP contribution is 2.19. The average Bonchev–Trinajstić information content (AvgIpc) is 3.24. The van der Waals surface area contributed by atoms with E-state index in [4.69, 9.17) is 4.52 Å². The van der Waals surface area contributed by atoms with E-state index in [9.17, 15) is 9.18 Å². The van der Waals surface area contributed by atoms with Gasteiger partial charge in [0.25, 0.3) is 5.91 Å². The highest BCUT2D eigenvalue weighted by molar-refractivity contribution is 5.92. The zero-order valence-corrected chi connectivity index (χ0v) is 13.1. The summed E-state index contributed by atoms with van der Waals surface area (Å²) >= 11 is 0. The van der Waals surface area contributed by atoms with Gasteiger partial charge in [0.1, 0.15) is 11.5 Å². The number of rotatable bonds is 6. The van der Waals surface area contributed by atoms with Crippen LogP contribution in [0.3, 0.4) is 0 Å². The predicted octanol–water partition coefficient (Wildman–Crippen LogP) is 2.74. The van der Waals surface area contributed by atoms with Crippen molar-refractivity contribution < 1.29 is 13.7 Å². The van der Waals surface area contributed by atoms with Gasteiger partial charge in [-0.05, 0) is 24.1 Å². The van der Waals surface area contributed by atoms with Crippen molar-refractivity contribution in [3.63, 3.8) is 0 Å². The molecule has 24 heavy (non-hydrogen) atoms. The topological polar surface area (TPSA) is 73.0 Å². The molecule has 0 aliphatic heterocycles. The Hall–Kier alpha value is -2.96. The summed E-state index contributed by atoms with van der Waals surface area (Å²) in [7, 11) is 0. The summed E-state index contributed by atoms with van der Waals surface area (Å²) in [6.07, 6.45) is 3.59. The Morgan fingerprint density at radius 3 is 3.00 bits per heavy atom. The van der Waals surface area contributed by atoms with Gasteiger partial charge in [-0.15, -0.1) is 0 Å². The summed E-state index contributed by atoms with van der Waals surface area (Å²) < 4.78 is 20.1. The van der Waals surface area contributed by atoms with Crippen LogP contribution in [0.1, 0.15) is 17.5 Å². The Bertz CT molecular complexity index is 814. The third-order valence-electron chi connectivity index (χ3n) is 3.52. The van der Waals surface area contributed by atoms with E-state index in [-0.39, 0.29) is 23.4 Å². The normalized spacial score (nSPS) is 12.1. The molecule has 0 spiro atoms. The average molecular weight is 328 g/mol. The summed E-state index contributed by atoms with van der Waals surface area (Å²) in [4.78, 5) is 12.1. The maximum absolute atomic E-state index is 13.2. The number of nitrogens with one attached hydrogen (secondary N) is 1. The first kappa shape index (κ1) is 15.9. The zero-order chi connectivity index (χ0) is 16.9. The molecule has 0 saturated heterocycles. The summed E-state index contributed by atoms with van der Waals surface area (Å²) in [5.41, 5.74) is 0.981. The van der Waals surface area contributed by atoms with E-state index in [1.807, 2.05) is 23.9 Å². The lowest BCUT2D eigenvalue weighted by molar-refractivity contribution is 0.0909. The van der Waals surface area contributed by atoms with Crippen LogP contribution >= 0.6 is 0 Å². The van der Waals surface area contributed by atoms with Crippen LogP contribution in [0.15, 0.2) is 53.3 Å². The van der Waals surface area contributed by atoms with Gasteiger partial charge in [0.2, 0.25) is 5.76 Å². The van der Waals surface area contributed by atoms with Gasteiger partial charge < -0.3 is 9.84 Å². The van der Waals surface area contributed by atoms with Crippen LogP contribution in [0, 0.1) is 11.7 Å². The molecule has 0 aliphatic carbocycles. The largest absolute Gasteiger partial charge is 0.350 e. The molecule has 6 nitrogen and oxygen atoms in total. The Morgan fingerprint density at radius 1 is 1.38 bits per heavy atom. The van der Waals surface area contributed by atoms with Crippen molar-refractivity contribution in [3.05, 3.63) is 60.4 Å². The Kier molecular flexibility index (Phi) is 4.69. The zero-order valence-electron chi connectivity index (χ0n) is 13.1. The maximum atomic E-state index is 13.2. The van der Waals surface area contributed by atoms with Gasteiger partial charge in [0, 0.05) is 37.1 Å². The lowest BCUT2D eigenvalue weighted by atomic mass is 10.1. The van der Waals surface area contributed by atoms with Crippen molar-refractivity contribution >= 4 is 5.91 Å². The van der Waals surface area contributed by atoms with E-state index >= 15 is 0 Å². The lowest BCUT2D eigenvalue weighted by Gasteiger charge is -2.11. The first-order valence-electron chi connectivity index (χ1n) is 7.60. The minimum Gasteiger partial charge on any atom is -0.350 e. The molecule has 2 heterocycles. The Balaban J connectivity index is 1.57. The van der Waals surface area contributed by atoms with Crippen LogP contribution < -0.4 is 5.32 Å². The van der Waals surface area contributed by atoms with Gasteiger partial charge in [-0.3, -0.25) is 9.48 Å². The van der Waals surface area contributed by atoms with Crippen LogP contribution in [0.25, 0.3) is 11.3 Å². The second-order valence-corrected chi connectivity index (χ2v) is 5.63. The number of benzene rings is 1. The molecule has 0 unspecified atom stereocenters. The quantitative estimate of drug-likeness (QED) is 0.755. The molecule has 7 heteroatoms. The Labute approximate surface area is 138 Å². The van der Waals surface area contributed by atoms with E-state index in [0.717, 1.165) is 0 Å². The number of hydrogen-bond acceptors (Lipinski definition) is 4. The number of halogens is 1. The summed E-state index contributed by atoms with van der Waals surface area (Å²) in [5.74, 6) is -0.411. The molecule has 3 aromatic rings. The van der Waals surface area contributed by atoms with E-state index in [2.05, 4.69) is 15.6 Å².